The zero-order valence-corrected chi connectivity index (χ0v) is 18.0. The van der Waals surface area contributed by atoms with Gasteiger partial charge in [0.05, 0.1) is 23.7 Å². The van der Waals surface area contributed by atoms with E-state index in [-0.39, 0.29) is 28.4 Å². The number of hydrogen-bond donors (Lipinski definition) is 1. The molecule has 6 rings (SSSR count). The fourth-order valence-corrected chi connectivity index (χ4v) is 5.59. The van der Waals surface area contributed by atoms with Crippen LogP contribution in [0.3, 0.4) is 0 Å². The highest BCUT2D eigenvalue weighted by molar-refractivity contribution is 6.22. The molecule has 4 unspecified atom stereocenters. The molecule has 0 saturated carbocycles. The number of piperazine rings is 1. The van der Waals surface area contributed by atoms with E-state index in [0.29, 0.717) is 18.8 Å². The molecule has 34 heavy (non-hydrogen) atoms. The quantitative estimate of drug-likeness (QED) is 0.278. The molecule has 3 aliphatic heterocycles. The molecule has 170 valence electrons. The largest absolute Gasteiger partial charge is 0.433 e. The van der Waals surface area contributed by atoms with E-state index in [0.717, 1.165) is 10.8 Å². The van der Waals surface area contributed by atoms with Crippen LogP contribution in [0, 0.1) is 10.1 Å². The summed E-state index contributed by atoms with van der Waals surface area (Å²) in [6, 6.07) is 16.8. The second-order valence-electron chi connectivity index (χ2n) is 8.89. The third-order valence-electron chi connectivity index (χ3n) is 7.10. The molecule has 1 spiro atoms. The summed E-state index contributed by atoms with van der Waals surface area (Å²) in [6.07, 6.45) is 0. The molecule has 3 heterocycles. The van der Waals surface area contributed by atoms with Gasteiger partial charge < -0.3 is 5.32 Å². The zero-order valence-electron chi connectivity index (χ0n) is 18.0. The van der Waals surface area contributed by atoms with Crippen molar-refractivity contribution in [1.82, 2.24) is 4.90 Å². The molecule has 10 nitrogen and oxygen atoms in total. The van der Waals surface area contributed by atoms with Gasteiger partial charge in [-0.25, -0.2) is 14.2 Å². The minimum Gasteiger partial charge on any atom is -0.321 e. The van der Waals surface area contributed by atoms with Crippen LogP contribution in [0.1, 0.15) is 0 Å². The van der Waals surface area contributed by atoms with Gasteiger partial charge in [-0.15, -0.1) is 0 Å². The van der Waals surface area contributed by atoms with Crippen molar-refractivity contribution in [3.63, 3.8) is 0 Å². The lowest BCUT2D eigenvalue weighted by Crippen LogP contribution is -2.63. The third kappa shape index (κ3) is 2.72. The van der Waals surface area contributed by atoms with Crippen molar-refractivity contribution in [2.24, 2.45) is 0 Å². The van der Waals surface area contributed by atoms with Gasteiger partial charge >= 0.3 is 6.03 Å². The molecule has 1 N–H and O–H groups in total. The molecule has 0 radical (unpaired) electrons. The van der Waals surface area contributed by atoms with Crippen molar-refractivity contribution in [3.8, 4) is 0 Å². The van der Waals surface area contributed by atoms with Crippen LogP contribution >= 0.6 is 0 Å². The maximum Gasteiger partial charge on any atom is 0.433 e. The number of rotatable bonds is 4. The topological polar surface area (TPSA) is 113 Å². The number of non-ortho nitro benzene ring substituents is 1. The number of benzene rings is 3. The number of nitro benzene ring substituents is 1. The summed E-state index contributed by atoms with van der Waals surface area (Å²) in [5.41, 5.74) is 0.650. The van der Waals surface area contributed by atoms with Crippen molar-refractivity contribution < 1.29 is 23.8 Å². The van der Waals surface area contributed by atoms with Gasteiger partial charge in [0, 0.05) is 23.2 Å². The van der Waals surface area contributed by atoms with E-state index in [9.17, 15) is 24.5 Å². The number of nitro groups is 1. The summed E-state index contributed by atoms with van der Waals surface area (Å²) in [4.78, 5) is 54.5. The molecular weight excluding hydrogens is 438 g/mol. The van der Waals surface area contributed by atoms with Crippen molar-refractivity contribution in [2.45, 2.75) is 12.1 Å². The van der Waals surface area contributed by atoms with Gasteiger partial charge in [-0.05, 0) is 17.5 Å². The highest BCUT2D eigenvalue weighted by atomic mass is 16.6. The Hall–Kier alpha value is -4.15. The summed E-state index contributed by atoms with van der Waals surface area (Å²) >= 11 is 0. The number of amides is 4. The molecule has 3 fully saturated rings. The second kappa shape index (κ2) is 7.17. The summed E-state index contributed by atoms with van der Waals surface area (Å²) in [7, 11) is 0. The average molecular weight is 458 g/mol. The first-order chi connectivity index (χ1) is 16.4. The van der Waals surface area contributed by atoms with Gasteiger partial charge in [-0.3, -0.25) is 19.7 Å². The Bertz CT molecular complexity index is 1400. The smallest absolute Gasteiger partial charge is 0.321 e. The Labute approximate surface area is 193 Å². The van der Waals surface area contributed by atoms with E-state index < -0.39 is 28.9 Å². The number of carbonyl (C=O) groups is 3. The number of nitrogens with zero attached hydrogens (tertiary/aromatic N) is 4. The fourth-order valence-electron chi connectivity index (χ4n) is 5.59. The van der Waals surface area contributed by atoms with E-state index in [1.807, 2.05) is 41.3 Å². The van der Waals surface area contributed by atoms with E-state index in [4.69, 9.17) is 0 Å². The minimum atomic E-state index is -0.797. The van der Waals surface area contributed by atoms with Crippen LogP contribution in [0.15, 0.2) is 66.7 Å². The molecule has 3 aromatic rings. The van der Waals surface area contributed by atoms with Crippen molar-refractivity contribution in [3.05, 3.63) is 76.8 Å². The van der Waals surface area contributed by atoms with Crippen LogP contribution < -0.4 is 10.2 Å². The molecule has 2 bridgehead atoms. The lowest BCUT2D eigenvalue weighted by Gasteiger charge is -2.32. The molecule has 3 aliphatic rings. The Balaban J connectivity index is 1.36. The summed E-state index contributed by atoms with van der Waals surface area (Å²) in [5, 5.41) is 15.5. The van der Waals surface area contributed by atoms with Gasteiger partial charge in [0.15, 0.2) is 12.1 Å². The molecular formula is C24H20N5O5+. The number of anilines is 2. The van der Waals surface area contributed by atoms with E-state index in [2.05, 4.69) is 5.32 Å². The number of carbonyl (C=O) groups excluding carboxylic acids is 3. The fraction of sp³-hybridized carbons (Fsp3) is 0.208. The molecule has 0 aliphatic carbocycles. The molecule has 10 heteroatoms. The number of imide groups is 1. The Morgan fingerprint density at radius 1 is 1.03 bits per heavy atom. The molecule has 4 atom stereocenters. The highest BCUT2D eigenvalue weighted by Gasteiger charge is 2.73. The number of urea groups is 1. The van der Waals surface area contributed by atoms with Gasteiger partial charge in [0.1, 0.15) is 6.67 Å². The van der Waals surface area contributed by atoms with Crippen molar-refractivity contribution in [2.75, 3.05) is 30.0 Å². The summed E-state index contributed by atoms with van der Waals surface area (Å²) in [5.74, 6) is -0.745. The van der Waals surface area contributed by atoms with Crippen molar-refractivity contribution >= 4 is 45.7 Å². The lowest BCUT2D eigenvalue weighted by molar-refractivity contribution is -0.852. The second-order valence-corrected chi connectivity index (χ2v) is 8.89. The van der Waals surface area contributed by atoms with E-state index in [1.165, 1.54) is 23.1 Å². The number of quaternary nitrogens is 1. The first kappa shape index (κ1) is 20.5. The normalized spacial score (nSPS) is 27.3. The van der Waals surface area contributed by atoms with Crippen LogP contribution in [0.25, 0.3) is 10.8 Å². The zero-order chi connectivity index (χ0) is 23.6. The third-order valence-corrected chi connectivity index (χ3v) is 7.10. The van der Waals surface area contributed by atoms with Crippen LogP contribution in [-0.2, 0) is 9.59 Å². The number of fused-ring (bicyclic) bond motifs is 2. The predicted octanol–water partition coefficient (Wildman–Crippen LogP) is 2.69. The summed E-state index contributed by atoms with van der Waals surface area (Å²) < 4.78 is -0.275. The molecule has 3 saturated heterocycles. The first-order valence-electron chi connectivity index (χ1n) is 10.9. The monoisotopic (exact) mass is 458 g/mol. The Morgan fingerprint density at radius 3 is 2.62 bits per heavy atom. The Kier molecular flexibility index (Phi) is 4.32. The van der Waals surface area contributed by atoms with Crippen LogP contribution in [-0.4, -0.2) is 64.0 Å². The molecule has 3 aromatic carbocycles. The van der Waals surface area contributed by atoms with E-state index in [1.54, 1.807) is 12.1 Å². The SMILES string of the molecule is O=C(Nc1cccc([N+](=O)[O-])c1)C1CN2CC3C(=O)N(c4cccc5ccccc45)C(=O)[N+]13C2. The predicted molar refractivity (Wildman–Crippen MR) is 123 cm³/mol. The van der Waals surface area contributed by atoms with Gasteiger partial charge in [-0.1, -0.05) is 42.5 Å². The van der Waals surface area contributed by atoms with Crippen LogP contribution in [0.5, 0.6) is 0 Å². The van der Waals surface area contributed by atoms with Gasteiger partial charge in [-0.2, -0.15) is 4.90 Å². The average Bonchev–Trinajstić information content (AvgIpc) is 3.47. The lowest BCUT2D eigenvalue weighted by atomic mass is 10.1. The maximum absolute atomic E-state index is 13.9. The van der Waals surface area contributed by atoms with Gasteiger partial charge in [0.2, 0.25) is 0 Å². The summed E-state index contributed by atoms with van der Waals surface area (Å²) in [6.45, 7) is 1.02. The van der Waals surface area contributed by atoms with Gasteiger partial charge in [0.25, 0.3) is 17.5 Å². The number of nitrogens with one attached hydrogen (secondary N) is 1. The Morgan fingerprint density at radius 2 is 1.79 bits per heavy atom. The van der Waals surface area contributed by atoms with Crippen molar-refractivity contribution in [1.29, 1.82) is 0 Å². The van der Waals surface area contributed by atoms with Crippen LogP contribution in [0.2, 0.25) is 0 Å². The number of hydrogen-bond acceptors (Lipinski definition) is 6. The first-order valence-corrected chi connectivity index (χ1v) is 10.9. The standard InChI is InChI=1S/C24H19N5O5/c30-22(25-16-7-4-8-17(11-16)28(33)34)20-12-26-13-21-23(31)27(24(32)29(20,21)14-26)19-10-3-6-15-5-1-2-9-18(15)19/h1-11,20-21H,12-14H2/p+1. The maximum atomic E-state index is 13.9. The van der Waals surface area contributed by atoms with E-state index >= 15 is 0 Å². The highest BCUT2D eigenvalue weighted by Crippen LogP contribution is 2.44. The minimum absolute atomic E-state index is 0.144. The molecule has 4 amide bonds. The van der Waals surface area contributed by atoms with Crippen LogP contribution in [0.4, 0.5) is 21.9 Å². The molecule has 0 aromatic heterocycles.